The SMILES string of the molecule is CS(=O)(=O)N1CCCc2cc(C(=O)Nc3ccc(F)cc3)ccc21. The van der Waals surface area contributed by atoms with E-state index in [0.29, 0.717) is 29.9 Å². The number of halogens is 1. The van der Waals surface area contributed by atoms with Crippen molar-refractivity contribution in [1.29, 1.82) is 0 Å². The first kappa shape index (κ1) is 16.4. The van der Waals surface area contributed by atoms with Crippen molar-refractivity contribution in [2.75, 3.05) is 22.4 Å². The maximum absolute atomic E-state index is 12.9. The van der Waals surface area contributed by atoms with Gasteiger partial charge in [-0.3, -0.25) is 9.10 Å². The van der Waals surface area contributed by atoms with Crippen LogP contribution in [0.2, 0.25) is 0 Å². The van der Waals surface area contributed by atoms with Crippen LogP contribution in [0.4, 0.5) is 15.8 Å². The zero-order valence-electron chi connectivity index (χ0n) is 13.1. The van der Waals surface area contributed by atoms with Gasteiger partial charge in [0.25, 0.3) is 5.91 Å². The molecule has 0 saturated carbocycles. The van der Waals surface area contributed by atoms with Crippen molar-refractivity contribution >= 4 is 27.3 Å². The van der Waals surface area contributed by atoms with Gasteiger partial charge in [0.1, 0.15) is 5.82 Å². The van der Waals surface area contributed by atoms with Crippen LogP contribution in [-0.4, -0.2) is 27.1 Å². The number of nitrogens with zero attached hydrogens (tertiary/aromatic N) is 1. The highest BCUT2D eigenvalue weighted by molar-refractivity contribution is 7.92. The minimum Gasteiger partial charge on any atom is -0.322 e. The number of aryl methyl sites for hydroxylation is 1. The van der Waals surface area contributed by atoms with Gasteiger partial charge in [0.05, 0.1) is 11.9 Å². The molecule has 0 atom stereocenters. The summed E-state index contributed by atoms with van der Waals surface area (Å²) >= 11 is 0. The summed E-state index contributed by atoms with van der Waals surface area (Å²) in [6, 6.07) is 10.5. The van der Waals surface area contributed by atoms with Crippen molar-refractivity contribution in [2.24, 2.45) is 0 Å². The van der Waals surface area contributed by atoms with Gasteiger partial charge < -0.3 is 5.32 Å². The lowest BCUT2D eigenvalue weighted by atomic mass is 10.0. The molecule has 1 amide bonds. The van der Waals surface area contributed by atoms with E-state index in [1.54, 1.807) is 18.2 Å². The van der Waals surface area contributed by atoms with Crippen LogP contribution in [0.1, 0.15) is 22.3 Å². The number of nitrogens with one attached hydrogen (secondary N) is 1. The molecule has 126 valence electrons. The fourth-order valence-corrected chi connectivity index (χ4v) is 3.78. The van der Waals surface area contributed by atoms with Crippen LogP contribution in [0.25, 0.3) is 0 Å². The number of hydrogen-bond donors (Lipinski definition) is 1. The van der Waals surface area contributed by atoms with Gasteiger partial charge in [0.2, 0.25) is 10.0 Å². The van der Waals surface area contributed by atoms with E-state index < -0.39 is 10.0 Å². The summed E-state index contributed by atoms with van der Waals surface area (Å²) in [6.45, 7) is 0.451. The summed E-state index contributed by atoms with van der Waals surface area (Å²) < 4.78 is 38.0. The molecular formula is C17H17FN2O3S. The Kier molecular flexibility index (Phi) is 4.28. The molecule has 0 fully saturated rings. The number of amides is 1. The van der Waals surface area contributed by atoms with Crippen molar-refractivity contribution in [3.8, 4) is 0 Å². The van der Waals surface area contributed by atoms with Gasteiger partial charge in [-0.05, 0) is 60.9 Å². The summed E-state index contributed by atoms with van der Waals surface area (Å²) in [6.07, 6.45) is 2.61. The number of carbonyl (C=O) groups excluding carboxylic acids is 1. The van der Waals surface area contributed by atoms with Crippen molar-refractivity contribution in [3.63, 3.8) is 0 Å². The first-order valence-corrected chi connectivity index (χ1v) is 9.37. The molecule has 0 aromatic heterocycles. The largest absolute Gasteiger partial charge is 0.322 e. The number of sulfonamides is 1. The summed E-state index contributed by atoms with van der Waals surface area (Å²) in [5.74, 6) is -0.691. The molecule has 24 heavy (non-hydrogen) atoms. The highest BCUT2D eigenvalue weighted by Gasteiger charge is 2.24. The van der Waals surface area contributed by atoms with Crippen LogP contribution in [0.15, 0.2) is 42.5 Å². The molecule has 0 unspecified atom stereocenters. The molecule has 5 nitrogen and oxygen atoms in total. The quantitative estimate of drug-likeness (QED) is 0.927. The van der Waals surface area contributed by atoms with Gasteiger partial charge in [0.15, 0.2) is 0 Å². The van der Waals surface area contributed by atoms with E-state index in [-0.39, 0.29) is 11.7 Å². The lowest BCUT2D eigenvalue weighted by Gasteiger charge is -2.29. The molecule has 1 aliphatic heterocycles. The summed E-state index contributed by atoms with van der Waals surface area (Å²) in [4.78, 5) is 12.3. The van der Waals surface area contributed by atoms with Crippen molar-refractivity contribution in [3.05, 3.63) is 59.4 Å². The lowest BCUT2D eigenvalue weighted by molar-refractivity contribution is 0.102. The number of anilines is 2. The number of fused-ring (bicyclic) bond motifs is 1. The molecule has 1 heterocycles. The van der Waals surface area contributed by atoms with Gasteiger partial charge in [-0.2, -0.15) is 0 Å². The topological polar surface area (TPSA) is 66.5 Å². The predicted octanol–water partition coefficient (Wildman–Crippen LogP) is 2.79. The maximum Gasteiger partial charge on any atom is 0.255 e. The lowest BCUT2D eigenvalue weighted by Crippen LogP contribution is -2.34. The summed E-state index contributed by atoms with van der Waals surface area (Å²) in [5.41, 5.74) is 2.39. The van der Waals surface area contributed by atoms with E-state index in [1.807, 2.05) is 0 Å². The third-order valence-corrected chi connectivity index (χ3v) is 5.10. The third kappa shape index (κ3) is 3.41. The Balaban J connectivity index is 1.85. The zero-order chi connectivity index (χ0) is 17.3. The number of benzene rings is 2. The van der Waals surface area contributed by atoms with E-state index in [0.717, 1.165) is 12.0 Å². The average Bonchev–Trinajstić information content (AvgIpc) is 2.55. The first-order chi connectivity index (χ1) is 11.3. The van der Waals surface area contributed by atoms with E-state index in [9.17, 15) is 17.6 Å². The van der Waals surface area contributed by atoms with Crippen LogP contribution >= 0.6 is 0 Å². The standard InChI is InChI=1S/C17H17FN2O3S/c1-24(22,23)20-10-2-3-12-11-13(4-9-16(12)20)17(21)19-15-7-5-14(18)6-8-15/h4-9,11H,2-3,10H2,1H3,(H,19,21). The molecule has 1 N–H and O–H groups in total. The minimum absolute atomic E-state index is 0.319. The molecule has 3 rings (SSSR count). The summed E-state index contributed by atoms with van der Waals surface area (Å²) in [5, 5.41) is 2.70. The van der Waals surface area contributed by atoms with Crippen molar-refractivity contribution in [1.82, 2.24) is 0 Å². The van der Waals surface area contributed by atoms with Crippen LogP contribution < -0.4 is 9.62 Å². The van der Waals surface area contributed by atoms with Crippen LogP contribution in [0.5, 0.6) is 0 Å². The molecule has 0 spiro atoms. The van der Waals surface area contributed by atoms with Crippen molar-refractivity contribution < 1.29 is 17.6 Å². The van der Waals surface area contributed by atoms with E-state index >= 15 is 0 Å². The molecule has 0 radical (unpaired) electrons. The van der Waals surface area contributed by atoms with Crippen LogP contribution in [0.3, 0.4) is 0 Å². The van der Waals surface area contributed by atoms with E-state index in [4.69, 9.17) is 0 Å². The normalized spacial score (nSPS) is 14.2. The fourth-order valence-electron chi connectivity index (χ4n) is 2.78. The zero-order valence-corrected chi connectivity index (χ0v) is 13.9. The van der Waals surface area contributed by atoms with Crippen molar-refractivity contribution in [2.45, 2.75) is 12.8 Å². The number of carbonyl (C=O) groups is 1. The van der Waals surface area contributed by atoms with E-state index in [2.05, 4.69) is 5.32 Å². The number of rotatable bonds is 3. The minimum atomic E-state index is -3.33. The fraction of sp³-hybridized carbons (Fsp3) is 0.235. The summed E-state index contributed by atoms with van der Waals surface area (Å²) in [7, 11) is -3.33. The van der Waals surface area contributed by atoms with Gasteiger partial charge in [0, 0.05) is 17.8 Å². The van der Waals surface area contributed by atoms with Gasteiger partial charge in [-0.15, -0.1) is 0 Å². The Labute approximate surface area is 140 Å². The molecule has 0 aliphatic carbocycles. The predicted molar refractivity (Wildman–Crippen MR) is 91.3 cm³/mol. The van der Waals surface area contributed by atoms with Gasteiger partial charge in [-0.1, -0.05) is 0 Å². The van der Waals surface area contributed by atoms with Gasteiger partial charge in [-0.25, -0.2) is 12.8 Å². The van der Waals surface area contributed by atoms with Crippen LogP contribution in [0, 0.1) is 5.82 Å². The molecule has 2 aromatic carbocycles. The molecule has 7 heteroatoms. The highest BCUT2D eigenvalue weighted by atomic mass is 32.2. The molecular weight excluding hydrogens is 331 g/mol. The maximum atomic E-state index is 12.9. The Morgan fingerprint density at radius 1 is 1.17 bits per heavy atom. The Morgan fingerprint density at radius 3 is 2.54 bits per heavy atom. The second kappa shape index (κ2) is 6.24. The molecule has 1 aliphatic rings. The number of hydrogen-bond acceptors (Lipinski definition) is 3. The average molecular weight is 348 g/mol. The molecule has 0 saturated heterocycles. The second-order valence-electron chi connectivity index (χ2n) is 5.74. The van der Waals surface area contributed by atoms with E-state index in [1.165, 1.54) is 34.8 Å². The Bertz CT molecular complexity index is 879. The second-order valence-corrected chi connectivity index (χ2v) is 7.65. The Hall–Kier alpha value is -2.41. The van der Waals surface area contributed by atoms with Crippen LogP contribution in [-0.2, 0) is 16.4 Å². The third-order valence-electron chi connectivity index (χ3n) is 3.92. The monoisotopic (exact) mass is 348 g/mol. The van der Waals surface area contributed by atoms with Gasteiger partial charge >= 0.3 is 0 Å². The Morgan fingerprint density at radius 2 is 1.88 bits per heavy atom. The molecule has 0 bridgehead atoms. The first-order valence-electron chi connectivity index (χ1n) is 7.52. The molecule has 2 aromatic rings. The highest BCUT2D eigenvalue weighted by Crippen LogP contribution is 2.30. The smallest absolute Gasteiger partial charge is 0.255 e.